The van der Waals surface area contributed by atoms with Gasteiger partial charge >= 0.3 is 0 Å². The molecule has 0 saturated carbocycles. The predicted octanol–water partition coefficient (Wildman–Crippen LogP) is 2.06. The smallest absolute Gasteiger partial charge is 0.249 e. The van der Waals surface area contributed by atoms with Gasteiger partial charge in [-0.05, 0) is 19.4 Å². The molecule has 1 fully saturated rings. The average Bonchev–Trinajstić information content (AvgIpc) is 2.41. The van der Waals surface area contributed by atoms with Crippen molar-refractivity contribution in [3.05, 3.63) is 16.1 Å². The van der Waals surface area contributed by atoms with Gasteiger partial charge in [0.2, 0.25) is 11.8 Å². The van der Waals surface area contributed by atoms with Gasteiger partial charge in [-0.2, -0.15) is 0 Å². The topological polar surface area (TPSA) is 74.3 Å². The maximum absolute atomic E-state index is 11.9. The molecule has 2 N–H and O–H groups in total. The number of carbonyl (C=O) groups is 2. The summed E-state index contributed by atoms with van der Waals surface area (Å²) >= 11 is 12.3. The molecule has 21 heavy (non-hydrogen) atoms. The largest absolute Gasteiger partial charge is 0.369 e. The van der Waals surface area contributed by atoms with Crippen LogP contribution >= 0.6 is 23.2 Å². The van der Waals surface area contributed by atoms with E-state index in [0.717, 1.165) is 0 Å². The van der Waals surface area contributed by atoms with Crippen LogP contribution in [0.5, 0.6) is 0 Å². The molecule has 0 bridgehead atoms. The summed E-state index contributed by atoms with van der Waals surface area (Å²) in [6.07, 6.45) is 0.538. The lowest BCUT2D eigenvalue weighted by Crippen LogP contribution is -2.58. The molecule has 0 aromatic carbocycles. The second-order valence-corrected chi connectivity index (χ2v) is 5.43. The van der Waals surface area contributed by atoms with Crippen LogP contribution in [-0.2, 0) is 9.59 Å². The Hall–Kier alpha value is -1.53. The number of rotatable bonds is 4. The van der Waals surface area contributed by atoms with E-state index in [4.69, 9.17) is 23.2 Å². The Morgan fingerprint density at radius 3 is 2.71 bits per heavy atom. The summed E-state index contributed by atoms with van der Waals surface area (Å²) in [6, 6.07) is 1.08. The van der Waals surface area contributed by atoms with Crippen LogP contribution in [0.25, 0.3) is 0 Å². The standard InChI is InChI=1S/C13H16Cl2N4O2/c1-3-9-13(21)17-10(20)6-19(9)12-8(15)5-7(14)11(18-12)16-4-2/h5,9H,3-4,6H2,1-2H3,(H,16,18)(H,17,20,21). The lowest BCUT2D eigenvalue weighted by atomic mass is 10.1. The first-order valence-corrected chi connectivity index (χ1v) is 7.43. The highest BCUT2D eigenvalue weighted by Crippen LogP contribution is 2.33. The monoisotopic (exact) mass is 330 g/mol. The number of hydrogen-bond acceptors (Lipinski definition) is 5. The van der Waals surface area contributed by atoms with Gasteiger partial charge in [-0.25, -0.2) is 4.98 Å². The number of anilines is 2. The van der Waals surface area contributed by atoms with E-state index in [-0.39, 0.29) is 18.4 Å². The molecule has 0 radical (unpaired) electrons. The van der Waals surface area contributed by atoms with Crippen molar-refractivity contribution in [3.8, 4) is 0 Å². The number of nitrogens with zero attached hydrogens (tertiary/aromatic N) is 2. The van der Waals surface area contributed by atoms with Crippen LogP contribution in [0.15, 0.2) is 6.07 Å². The van der Waals surface area contributed by atoms with Gasteiger partial charge in [0, 0.05) is 6.54 Å². The molecule has 1 aliphatic rings. The number of imide groups is 1. The van der Waals surface area contributed by atoms with Gasteiger partial charge in [0.05, 0.1) is 16.6 Å². The van der Waals surface area contributed by atoms with Crippen molar-refractivity contribution < 1.29 is 9.59 Å². The molecule has 1 atom stereocenters. The van der Waals surface area contributed by atoms with Crippen molar-refractivity contribution in [1.82, 2.24) is 10.3 Å². The third-order valence-corrected chi connectivity index (χ3v) is 3.74. The van der Waals surface area contributed by atoms with E-state index >= 15 is 0 Å². The molecule has 6 nitrogen and oxygen atoms in total. The van der Waals surface area contributed by atoms with E-state index in [2.05, 4.69) is 15.6 Å². The summed E-state index contributed by atoms with van der Waals surface area (Å²) in [5, 5.41) is 6.05. The first-order chi connectivity index (χ1) is 9.97. The summed E-state index contributed by atoms with van der Waals surface area (Å²) in [5.74, 6) is 0.146. The maximum atomic E-state index is 11.9. The number of pyridine rings is 1. The number of aromatic nitrogens is 1. The number of carbonyl (C=O) groups excluding carboxylic acids is 2. The second-order valence-electron chi connectivity index (χ2n) is 4.62. The molecule has 114 valence electrons. The van der Waals surface area contributed by atoms with Gasteiger partial charge in [-0.15, -0.1) is 0 Å². The van der Waals surface area contributed by atoms with Crippen molar-refractivity contribution in [2.45, 2.75) is 26.3 Å². The normalized spacial score (nSPS) is 18.7. The molecule has 8 heteroatoms. The minimum absolute atomic E-state index is 0.0319. The van der Waals surface area contributed by atoms with Gasteiger partial charge in [-0.1, -0.05) is 30.1 Å². The maximum Gasteiger partial charge on any atom is 0.249 e. The number of halogens is 2. The zero-order valence-electron chi connectivity index (χ0n) is 11.7. The number of amides is 2. The van der Waals surface area contributed by atoms with Gasteiger partial charge < -0.3 is 10.2 Å². The summed E-state index contributed by atoms with van der Waals surface area (Å²) < 4.78 is 0. The molecular weight excluding hydrogens is 315 g/mol. The van der Waals surface area contributed by atoms with Crippen molar-refractivity contribution in [1.29, 1.82) is 0 Å². The minimum Gasteiger partial charge on any atom is -0.369 e. The molecular formula is C13H16Cl2N4O2. The first kappa shape index (κ1) is 15.9. The zero-order valence-corrected chi connectivity index (χ0v) is 13.3. The minimum atomic E-state index is -0.483. The fourth-order valence-electron chi connectivity index (χ4n) is 2.24. The van der Waals surface area contributed by atoms with E-state index in [1.165, 1.54) is 0 Å². The van der Waals surface area contributed by atoms with E-state index in [9.17, 15) is 9.59 Å². The van der Waals surface area contributed by atoms with Crippen LogP contribution < -0.4 is 15.5 Å². The summed E-state index contributed by atoms with van der Waals surface area (Å²) in [5.41, 5.74) is 0. The molecule has 0 aliphatic carbocycles. The van der Waals surface area contributed by atoms with Crippen LogP contribution in [0.3, 0.4) is 0 Å². The fourth-order valence-corrected chi connectivity index (χ4v) is 2.78. The van der Waals surface area contributed by atoms with E-state index in [1.54, 1.807) is 11.0 Å². The van der Waals surface area contributed by atoms with Crippen molar-refractivity contribution >= 4 is 46.7 Å². The highest BCUT2D eigenvalue weighted by molar-refractivity contribution is 6.37. The van der Waals surface area contributed by atoms with Gasteiger partial charge in [0.1, 0.15) is 11.9 Å². The van der Waals surface area contributed by atoms with E-state index < -0.39 is 6.04 Å². The van der Waals surface area contributed by atoms with Crippen LogP contribution in [0, 0.1) is 0 Å². The summed E-state index contributed by atoms with van der Waals surface area (Å²) in [6.45, 7) is 4.45. The molecule has 1 unspecified atom stereocenters. The first-order valence-electron chi connectivity index (χ1n) is 6.68. The Labute approximate surface area is 132 Å². The molecule has 1 aromatic rings. The van der Waals surface area contributed by atoms with E-state index in [0.29, 0.717) is 34.6 Å². The highest BCUT2D eigenvalue weighted by Gasteiger charge is 2.34. The van der Waals surface area contributed by atoms with Gasteiger partial charge in [-0.3, -0.25) is 14.9 Å². The third-order valence-electron chi connectivity index (χ3n) is 3.17. The van der Waals surface area contributed by atoms with Crippen LogP contribution in [-0.4, -0.2) is 35.9 Å². The highest BCUT2D eigenvalue weighted by atomic mass is 35.5. The van der Waals surface area contributed by atoms with E-state index in [1.807, 2.05) is 13.8 Å². The summed E-state index contributed by atoms with van der Waals surface area (Å²) in [7, 11) is 0. The SMILES string of the molecule is CCNc1nc(N2CC(=O)NC(=O)C2CC)c(Cl)cc1Cl. The third kappa shape index (κ3) is 3.22. The van der Waals surface area contributed by atoms with Gasteiger partial charge in [0.15, 0.2) is 5.82 Å². The second kappa shape index (κ2) is 6.49. The Bertz CT molecular complexity index is 580. The Balaban J connectivity index is 2.45. The van der Waals surface area contributed by atoms with Crippen molar-refractivity contribution in [2.24, 2.45) is 0 Å². The van der Waals surface area contributed by atoms with Crippen molar-refractivity contribution in [3.63, 3.8) is 0 Å². The number of hydrogen-bond donors (Lipinski definition) is 2. The Morgan fingerprint density at radius 2 is 2.10 bits per heavy atom. The fraction of sp³-hybridized carbons (Fsp3) is 0.462. The quantitative estimate of drug-likeness (QED) is 0.826. The Morgan fingerprint density at radius 1 is 1.38 bits per heavy atom. The molecule has 2 amide bonds. The number of nitrogens with one attached hydrogen (secondary N) is 2. The number of piperazine rings is 1. The average molecular weight is 331 g/mol. The van der Waals surface area contributed by atoms with Crippen LogP contribution in [0.2, 0.25) is 10.0 Å². The van der Waals surface area contributed by atoms with Crippen LogP contribution in [0.1, 0.15) is 20.3 Å². The molecule has 2 rings (SSSR count). The molecule has 2 heterocycles. The van der Waals surface area contributed by atoms with Gasteiger partial charge in [0.25, 0.3) is 0 Å². The lowest BCUT2D eigenvalue weighted by molar-refractivity contribution is -0.132. The molecule has 0 spiro atoms. The lowest BCUT2D eigenvalue weighted by Gasteiger charge is -2.35. The predicted molar refractivity (Wildman–Crippen MR) is 83.0 cm³/mol. The zero-order chi connectivity index (χ0) is 15.6. The Kier molecular flexibility index (Phi) is 4.90. The summed E-state index contributed by atoms with van der Waals surface area (Å²) in [4.78, 5) is 29.5. The molecule has 1 aliphatic heterocycles. The van der Waals surface area contributed by atoms with Crippen molar-refractivity contribution in [2.75, 3.05) is 23.3 Å². The van der Waals surface area contributed by atoms with Crippen LogP contribution in [0.4, 0.5) is 11.6 Å². The molecule has 1 aromatic heterocycles. The molecule has 1 saturated heterocycles.